The number of carbonyl (C=O) groups is 1. The lowest BCUT2D eigenvalue weighted by Crippen LogP contribution is -2.51. The molecule has 2 aromatic carbocycles. The van der Waals surface area contributed by atoms with Gasteiger partial charge < -0.3 is 18.8 Å². The molecule has 3 rings (SSSR count). The fourth-order valence-corrected chi connectivity index (χ4v) is 11.2. The molecule has 36 heavy (non-hydrogen) atoms. The Morgan fingerprint density at radius 1 is 0.944 bits per heavy atom. The number of carbonyl (C=O) groups excluding carboxylic acids is 1. The van der Waals surface area contributed by atoms with Crippen LogP contribution in [0.2, 0.25) is 16.6 Å². The summed E-state index contributed by atoms with van der Waals surface area (Å²) >= 11 is 0. The van der Waals surface area contributed by atoms with Gasteiger partial charge in [-0.1, -0.05) is 71.9 Å². The molecule has 0 aliphatic carbocycles. The second kappa shape index (κ2) is 12.0. The fraction of sp³-hybridized carbons (Fsp3) is 0.500. The molecule has 196 valence electrons. The fourth-order valence-electron chi connectivity index (χ4n) is 5.90. The molecule has 1 aliphatic heterocycles. The van der Waals surface area contributed by atoms with Crippen molar-refractivity contribution in [1.29, 1.82) is 0 Å². The third-order valence-corrected chi connectivity index (χ3v) is 13.5. The van der Waals surface area contributed by atoms with Gasteiger partial charge >= 0.3 is 5.97 Å². The maximum absolute atomic E-state index is 13.4. The van der Waals surface area contributed by atoms with Crippen LogP contribution in [-0.2, 0) is 14.0 Å². The van der Waals surface area contributed by atoms with Crippen molar-refractivity contribution in [1.82, 2.24) is 0 Å². The number of rotatable bonds is 10. The molecule has 0 amide bonds. The van der Waals surface area contributed by atoms with Gasteiger partial charge in [0.05, 0.1) is 25.5 Å². The van der Waals surface area contributed by atoms with Crippen LogP contribution in [0.15, 0.2) is 66.4 Å². The number of nitrogens with zero attached hydrogens (tertiary/aromatic N) is 1. The monoisotopic (exact) mass is 509 g/mol. The van der Waals surface area contributed by atoms with Crippen molar-refractivity contribution < 1.29 is 18.7 Å². The predicted molar refractivity (Wildman–Crippen MR) is 150 cm³/mol. The summed E-state index contributed by atoms with van der Waals surface area (Å²) in [5.41, 5.74) is 3.37. The average molecular weight is 510 g/mol. The van der Waals surface area contributed by atoms with Gasteiger partial charge in [0.25, 0.3) is 8.32 Å². The molecular weight excluding hydrogens is 466 g/mol. The first kappa shape index (κ1) is 27.8. The van der Waals surface area contributed by atoms with E-state index in [1.807, 2.05) is 49.4 Å². The second-order valence-corrected chi connectivity index (χ2v) is 15.9. The minimum absolute atomic E-state index is 0.170. The molecule has 0 aromatic heterocycles. The third kappa shape index (κ3) is 5.64. The summed E-state index contributed by atoms with van der Waals surface area (Å²) in [7, 11) is -0.540. The van der Waals surface area contributed by atoms with E-state index < -0.39 is 14.4 Å². The Hall–Kier alpha value is -2.73. The van der Waals surface area contributed by atoms with Crippen molar-refractivity contribution in [2.45, 2.75) is 83.6 Å². The predicted octanol–water partition coefficient (Wildman–Crippen LogP) is 7.65. The summed E-state index contributed by atoms with van der Waals surface area (Å²) in [6.45, 7) is 15.9. The average Bonchev–Trinajstić information content (AvgIpc) is 2.86. The van der Waals surface area contributed by atoms with Gasteiger partial charge in [-0.2, -0.15) is 0 Å². The highest BCUT2D eigenvalue weighted by Crippen LogP contribution is 2.46. The van der Waals surface area contributed by atoms with Gasteiger partial charge in [0.1, 0.15) is 11.8 Å². The van der Waals surface area contributed by atoms with Crippen LogP contribution in [0.3, 0.4) is 0 Å². The van der Waals surface area contributed by atoms with Crippen LogP contribution < -0.4 is 9.64 Å². The number of benzene rings is 2. The van der Waals surface area contributed by atoms with E-state index in [2.05, 4.69) is 64.7 Å². The number of ether oxygens (including phenoxy) is 2. The van der Waals surface area contributed by atoms with Gasteiger partial charge in [-0.25, -0.2) is 4.79 Å². The van der Waals surface area contributed by atoms with Gasteiger partial charge in [-0.15, -0.1) is 0 Å². The molecule has 0 unspecified atom stereocenters. The standard InChI is InChI=1S/C30H43NO4Si/c1-9-34-30(32)29-20-27(35-36(21(2)3,22(4)5)23(6)7)19-28(24-13-11-10-12-14-24)31(29)25-15-17-26(33-8)18-16-25/h10-19,21-23,28-29H,9,20H2,1-8H3/t28-,29-/m0/s1. The number of methoxy groups -OCH3 is 1. The molecule has 5 nitrogen and oxygen atoms in total. The molecule has 1 heterocycles. The summed E-state index contributed by atoms with van der Waals surface area (Å²) in [4.78, 5) is 15.6. The molecule has 0 saturated heterocycles. The van der Waals surface area contributed by atoms with Crippen molar-refractivity contribution in [3.05, 3.63) is 72.0 Å². The Bertz CT molecular complexity index is 995. The van der Waals surface area contributed by atoms with Crippen molar-refractivity contribution in [3.63, 3.8) is 0 Å². The third-order valence-electron chi connectivity index (χ3n) is 7.46. The lowest BCUT2D eigenvalue weighted by molar-refractivity contribution is -0.145. The Morgan fingerprint density at radius 3 is 2.03 bits per heavy atom. The second-order valence-electron chi connectivity index (χ2n) is 10.5. The van der Waals surface area contributed by atoms with Crippen LogP contribution in [0.1, 0.15) is 66.5 Å². The summed E-state index contributed by atoms with van der Waals surface area (Å²) in [5.74, 6) is 1.46. The first-order valence-corrected chi connectivity index (χ1v) is 15.3. The first-order valence-electron chi connectivity index (χ1n) is 13.2. The Kier molecular flexibility index (Phi) is 9.28. The molecule has 0 saturated carbocycles. The van der Waals surface area contributed by atoms with E-state index >= 15 is 0 Å². The Labute approximate surface area is 218 Å². The van der Waals surface area contributed by atoms with Gasteiger partial charge in [-0.05, 0) is 59.5 Å². The van der Waals surface area contributed by atoms with Crippen molar-refractivity contribution in [3.8, 4) is 5.75 Å². The smallest absolute Gasteiger partial charge is 0.329 e. The van der Waals surface area contributed by atoms with E-state index in [4.69, 9.17) is 13.9 Å². The number of anilines is 1. The summed E-state index contributed by atoms with van der Waals surface area (Å²) in [6, 6.07) is 17.5. The number of esters is 1. The number of hydrogen-bond acceptors (Lipinski definition) is 5. The van der Waals surface area contributed by atoms with Crippen molar-refractivity contribution in [2.24, 2.45) is 0 Å². The molecule has 1 aliphatic rings. The lowest BCUT2D eigenvalue weighted by atomic mass is 9.94. The highest BCUT2D eigenvalue weighted by Gasteiger charge is 2.49. The maximum atomic E-state index is 13.4. The largest absolute Gasteiger partial charge is 0.546 e. The van der Waals surface area contributed by atoms with Crippen LogP contribution in [0.5, 0.6) is 5.75 Å². The van der Waals surface area contributed by atoms with Gasteiger partial charge in [0.2, 0.25) is 0 Å². The molecular formula is C30H43NO4Si. The highest BCUT2D eigenvalue weighted by atomic mass is 28.4. The zero-order valence-electron chi connectivity index (χ0n) is 23.2. The van der Waals surface area contributed by atoms with Crippen LogP contribution in [0, 0.1) is 0 Å². The van der Waals surface area contributed by atoms with Crippen LogP contribution in [-0.4, -0.2) is 34.0 Å². The van der Waals surface area contributed by atoms with E-state index in [0.717, 1.165) is 22.8 Å². The van der Waals surface area contributed by atoms with Gasteiger partial charge in [-0.3, -0.25) is 0 Å². The quantitative estimate of drug-likeness (QED) is 0.243. The summed E-state index contributed by atoms with van der Waals surface area (Å²) in [5, 5.41) is 0. The van der Waals surface area contributed by atoms with E-state index in [1.165, 1.54) is 0 Å². The van der Waals surface area contributed by atoms with Crippen molar-refractivity contribution in [2.75, 3.05) is 18.6 Å². The SMILES string of the molecule is CCOC(=O)[C@@H]1CC(O[Si](C(C)C)(C(C)C)C(C)C)=C[C@@H](c2ccccc2)N1c1ccc(OC)cc1. The first-order chi connectivity index (χ1) is 17.1. The molecule has 6 heteroatoms. The normalized spacial score (nSPS) is 18.4. The van der Waals surface area contributed by atoms with Crippen LogP contribution in [0.4, 0.5) is 5.69 Å². The van der Waals surface area contributed by atoms with Gasteiger partial charge in [0.15, 0.2) is 0 Å². The van der Waals surface area contributed by atoms with Crippen LogP contribution in [0.25, 0.3) is 0 Å². The zero-order chi connectivity index (χ0) is 26.5. The van der Waals surface area contributed by atoms with E-state index in [9.17, 15) is 4.79 Å². The number of hydrogen-bond donors (Lipinski definition) is 0. The summed E-state index contributed by atoms with van der Waals surface area (Å²) in [6.07, 6.45) is 2.71. The molecule has 0 bridgehead atoms. The molecule has 2 aromatic rings. The topological polar surface area (TPSA) is 48.0 Å². The van der Waals surface area contributed by atoms with E-state index in [1.54, 1.807) is 7.11 Å². The minimum Gasteiger partial charge on any atom is -0.546 e. The highest BCUT2D eigenvalue weighted by molar-refractivity contribution is 6.77. The lowest BCUT2D eigenvalue weighted by Gasteiger charge is -2.47. The Morgan fingerprint density at radius 2 is 1.53 bits per heavy atom. The molecule has 0 fully saturated rings. The van der Waals surface area contributed by atoms with Gasteiger partial charge in [0, 0.05) is 12.1 Å². The van der Waals surface area contributed by atoms with Crippen LogP contribution >= 0.6 is 0 Å². The van der Waals surface area contributed by atoms with E-state index in [-0.39, 0.29) is 12.0 Å². The minimum atomic E-state index is -2.20. The van der Waals surface area contributed by atoms with Crippen molar-refractivity contribution >= 4 is 20.0 Å². The summed E-state index contributed by atoms with van der Waals surface area (Å²) < 4.78 is 18.1. The molecule has 0 spiro atoms. The molecule has 2 atom stereocenters. The van der Waals surface area contributed by atoms with E-state index in [0.29, 0.717) is 29.7 Å². The molecule has 0 radical (unpaired) electrons. The maximum Gasteiger partial charge on any atom is 0.329 e. The Balaban J connectivity index is 2.17. The zero-order valence-corrected chi connectivity index (χ0v) is 24.2. The molecule has 0 N–H and O–H groups in total.